The summed E-state index contributed by atoms with van der Waals surface area (Å²) in [5.41, 5.74) is 2.33. The molecule has 3 nitrogen and oxygen atoms in total. The summed E-state index contributed by atoms with van der Waals surface area (Å²) in [6.45, 7) is 3.79. The number of rotatable bonds is 4. The molecule has 3 aromatic rings. The molecule has 0 atom stereocenters. The molecule has 0 aliphatic carbocycles. The number of halogens is 1. The van der Waals surface area contributed by atoms with Crippen molar-refractivity contribution in [2.75, 3.05) is 5.32 Å². The summed E-state index contributed by atoms with van der Waals surface area (Å²) < 4.78 is 3.11. The molecular weight excluding hydrogens is 314 g/mol. The minimum atomic E-state index is 0.788. The fraction of sp³-hybridized carbons (Fsp3) is 0.188. The Kier molecular flexibility index (Phi) is 3.74. The maximum atomic E-state index is 4.28. The summed E-state index contributed by atoms with van der Waals surface area (Å²) in [4.78, 5) is 0. The van der Waals surface area contributed by atoms with Crippen LogP contribution in [0.25, 0.3) is 10.8 Å². The number of anilines is 1. The van der Waals surface area contributed by atoms with Gasteiger partial charge in [-0.15, -0.1) is 0 Å². The van der Waals surface area contributed by atoms with Gasteiger partial charge in [-0.25, -0.2) is 0 Å². The van der Waals surface area contributed by atoms with Crippen molar-refractivity contribution in [1.82, 2.24) is 9.78 Å². The number of hydrogen-bond acceptors (Lipinski definition) is 2. The van der Waals surface area contributed by atoms with Crippen LogP contribution in [0.5, 0.6) is 0 Å². The van der Waals surface area contributed by atoms with E-state index in [0.29, 0.717) is 0 Å². The van der Waals surface area contributed by atoms with E-state index in [1.807, 2.05) is 10.9 Å². The van der Waals surface area contributed by atoms with Gasteiger partial charge in [0.15, 0.2) is 0 Å². The molecule has 1 heterocycles. The third kappa shape index (κ3) is 2.70. The highest BCUT2D eigenvalue weighted by molar-refractivity contribution is 9.10. The molecule has 0 bridgehead atoms. The van der Waals surface area contributed by atoms with E-state index in [1.165, 1.54) is 16.5 Å². The summed E-state index contributed by atoms with van der Waals surface area (Å²) in [6, 6.07) is 14.8. The number of nitrogens with zero attached hydrogens (tertiary/aromatic N) is 2. The first-order chi connectivity index (χ1) is 9.76. The largest absolute Gasteiger partial charge is 0.379 e. The molecule has 0 saturated heterocycles. The molecule has 4 heteroatoms. The van der Waals surface area contributed by atoms with Crippen molar-refractivity contribution in [2.24, 2.45) is 0 Å². The first-order valence-corrected chi connectivity index (χ1v) is 7.49. The molecule has 102 valence electrons. The van der Waals surface area contributed by atoms with Crippen molar-refractivity contribution in [3.05, 3.63) is 58.8 Å². The van der Waals surface area contributed by atoms with Crippen LogP contribution < -0.4 is 5.32 Å². The van der Waals surface area contributed by atoms with Gasteiger partial charge in [0.05, 0.1) is 12.2 Å². The van der Waals surface area contributed by atoms with E-state index in [4.69, 9.17) is 0 Å². The van der Waals surface area contributed by atoms with Crippen molar-refractivity contribution in [3.8, 4) is 0 Å². The lowest BCUT2D eigenvalue weighted by atomic mass is 10.1. The lowest BCUT2D eigenvalue weighted by Gasteiger charge is -2.09. The maximum absolute atomic E-state index is 4.28. The Morgan fingerprint density at radius 1 is 1.10 bits per heavy atom. The highest BCUT2D eigenvalue weighted by Crippen LogP contribution is 2.23. The van der Waals surface area contributed by atoms with E-state index in [9.17, 15) is 0 Å². The van der Waals surface area contributed by atoms with E-state index < -0.39 is 0 Å². The highest BCUT2D eigenvalue weighted by atomic mass is 79.9. The quantitative estimate of drug-likeness (QED) is 0.767. The highest BCUT2D eigenvalue weighted by Gasteiger charge is 2.01. The average Bonchev–Trinajstić information content (AvgIpc) is 2.92. The van der Waals surface area contributed by atoms with Gasteiger partial charge in [-0.3, -0.25) is 4.68 Å². The van der Waals surface area contributed by atoms with Gasteiger partial charge in [0.2, 0.25) is 0 Å². The molecule has 2 aromatic carbocycles. The Morgan fingerprint density at radius 3 is 2.75 bits per heavy atom. The van der Waals surface area contributed by atoms with Crippen LogP contribution in [0.1, 0.15) is 12.6 Å². The van der Waals surface area contributed by atoms with E-state index >= 15 is 0 Å². The van der Waals surface area contributed by atoms with Crippen molar-refractivity contribution >= 4 is 32.4 Å². The second-order valence-electron chi connectivity index (χ2n) is 4.70. The minimum absolute atomic E-state index is 0.788. The van der Waals surface area contributed by atoms with Gasteiger partial charge < -0.3 is 5.32 Å². The fourth-order valence-corrected chi connectivity index (χ4v) is 2.69. The Bertz CT molecular complexity index is 733. The van der Waals surface area contributed by atoms with Crippen molar-refractivity contribution in [3.63, 3.8) is 0 Å². The zero-order chi connectivity index (χ0) is 13.9. The summed E-state index contributed by atoms with van der Waals surface area (Å²) in [6.07, 6.45) is 1.85. The van der Waals surface area contributed by atoms with E-state index in [2.05, 4.69) is 75.7 Å². The first kappa shape index (κ1) is 13.2. The third-order valence-electron chi connectivity index (χ3n) is 3.38. The monoisotopic (exact) mass is 329 g/mol. The van der Waals surface area contributed by atoms with Gasteiger partial charge in [-0.05, 0) is 48.0 Å². The van der Waals surface area contributed by atoms with E-state index in [1.54, 1.807) is 0 Å². The molecule has 3 rings (SSSR count). The molecule has 0 amide bonds. The maximum Gasteiger partial charge on any atom is 0.0575 e. The van der Waals surface area contributed by atoms with Crippen LogP contribution in [0.2, 0.25) is 0 Å². The second-order valence-corrected chi connectivity index (χ2v) is 5.61. The molecule has 0 aliphatic heterocycles. The lowest BCUT2D eigenvalue weighted by molar-refractivity contribution is 0.627. The van der Waals surface area contributed by atoms with Gasteiger partial charge in [0, 0.05) is 22.9 Å². The Morgan fingerprint density at radius 2 is 1.90 bits per heavy atom. The van der Waals surface area contributed by atoms with Gasteiger partial charge in [-0.1, -0.05) is 28.1 Å². The molecule has 0 aliphatic rings. The number of nitrogens with one attached hydrogen (secondary N) is 1. The molecule has 0 fully saturated rings. The second kappa shape index (κ2) is 5.67. The number of aryl methyl sites for hydroxylation is 1. The summed E-state index contributed by atoms with van der Waals surface area (Å²) >= 11 is 3.50. The first-order valence-electron chi connectivity index (χ1n) is 6.70. The smallest absolute Gasteiger partial charge is 0.0575 e. The van der Waals surface area contributed by atoms with Crippen LogP contribution in [0, 0.1) is 0 Å². The van der Waals surface area contributed by atoms with Crippen LogP contribution >= 0.6 is 15.9 Å². The van der Waals surface area contributed by atoms with E-state index in [-0.39, 0.29) is 0 Å². The number of fused-ring (bicyclic) bond motifs is 1. The van der Waals surface area contributed by atoms with Crippen LogP contribution in [0.4, 0.5) is 5.69 Å². The lowest BCUT2D eigenvalue weighted by Crippen LogP contribution is -2.07. The van der Waals surface area contributed by atoms with Crippen LogP contribution in [0.3, 0.4) is 0 Å². The molecule has 1 N–H and O–H groups in total. The predicted octanol–water partition coefficient (Wildman–Crippen LogP) is 4.43. The SMILES string of the molecule is CCn1nccc1CNc1ccc2cc(Br)ccc2c1. The summed E-state index contributed by atoms with van der Waals surface area (Å²) in [5, 5.41) is 10.2. The fourth-order valence-electron chi connectivity index (χ4n) is 2.31. The molecule has 0 unspecified atom stereocenters. The molecule has 0 radical (unpaired) electrons. The zero-order valence-corrected chi connectivity index (χ0v) is 12.9. The molecule has 20 heavy (non-hydrogen) atoms. The van der Waals surface area contributed by atoms with Crippen molar-refractivity contribution < 1.29 is 0 Å². The van der Waals surface area contributed by atoms with Crippen LogP contribution in [0.15, 0.2) is 53.1 Å². The normalized spacial score (nSPS) is 10.9. The minimum Gasteiger partial charge on any atom is -0.379 e. The molecule has 0 saturated carbocycles. The average molecular weight is 330 g/mol. The zero-order valence-electron chi connectivity index (χ0n) is 11.3. The number of benzene rings is 2. The molecular formula is C16H16BrN3. The van der Waals surface area contributed by atoms with Gasteiger partial charge in [0.1, 0.15) is 0 Å². The molecule has 0 spiro atoms. The van der Waals surface area contributed by atoms with Crippen LogP contribution in [-0.2, 0) is 13.1 Å². The van der Waals surface area contributed by atoms with Gasteiger partial charge in [0.25, 0.3) is 0 Å². The topological polar surface area (TPSA) is 29.9 Å². The van der Waals surface area contributed by atoms with Crippen molar-refractivity contribution in [2.45, 2.75) is 20.0 Å². The predicted molar refractivity (Wildman–Crippen MR) is 86.9 cm³/mol. The van der Waals surface area contributed by atoms with Crippen molar-refractivity contribution in [1.29, 1.82) is 0 Å². The van der Waals surface area contributed by atoms with Gasteiger partial charge >= 0.3 is 0 Å². The Balaban J connectivity index is 1.79. The van der Waals surface area contributed by atoms with E-state index in [0.717, 1.165) is 23.2 Å². The summed E-state index contributed by atoms with van der Waals surface area (Å²) in [5.74, 6) is 0. The molecule has 1 aromatic heterocycles. The van der Waals surface area contributed by atoms with Crippen LogP contribution in [-0.4, -0.2) is 9.78 Å². The number of aromatic nitrogens is 2. The summed E-state index contributed by atoms with van der Waals surface area (Å²) in [7, 11) is 0. The third-order valence-corrected chi connectivity index (χ3v) is 3.87. The van der Waals surface area contributed by atoms with Gasteiger partial charge in [-0.2, -0.15) is 5.10 Å². The Hall–Kier alpha value is -1.81. The standard InChI is InChI=1S/C16H16BrN3/c1-2-20-16(7-8-19-20)11-18-15-6-4-12-9-14(17)5-3-13(12)10-15/h3-10,18H,2,11H2,1H3. The Labute approximate surface area is 126 Å². The number of hydrogen-bond donors (Lipinski definition) is 1.